The van der Waals surface area contributed by atoms with Crippen LogP contribution in [0.1, 0.15) is 11.1 Å². The van der Waals surface area contributed by atoms with Crippen LogP contribution in [0.5, 0.6) is 5.75 Å². The van der Waals surface area contributed by atoms with Gasteiger partial charge in [0, 0.05) is 35.8 Å². The first-order chi connectivity index (χ1) is 16.1. The van der Waals surface area contributed by atoms with Crippen LogP contribution in [0, 0.1) is 0 Å². The second kappa shape index (κ2) is 10.3. The van der Waals surface area contributed by atoms with Crippen molar-refractivity contribution in [2.45, 2.75) is 13.2 Å². The lowest BCUT2D eigenvalue weighted by molar-refractivity contribution is -0.111. The lowest BCUT2D eigenvalue weighted by Crippen LogP contribution is -2.11. The standard InChI is InChI=1S/C25H20F2N4O2/c26-25(27)33-22-11-5-4-10-21(22)29-23(32)13-12-20-17-31(16-18-7-2-1-3-8-18)30-24(20)19-9-6-14-28-15-19/h1-15,17,25H,16H2,(H,29,32)/b13-12+. The number of carbonyl (C=O) groups excluding carboxylic acids is 1. The Morgan fingerprint density at radius 3 is 2.61 bits per heavy atom. The van der Waals surface area contributed by atoms with Crippen LogP contribution in [0.3, 0.4) is 0 Å². The number of carbonyl (C=O) groups is 1. The molecule has 8 heteroatoms. The monoisotopic (exact) mass is 446 g/mol. The third-order valence-corrected chi connectivity index (χ3v) is 4.69. The van der Waals surface area contributed by atoms with Gasteiger partial charge >= 0.3 is 6.61 Å². The van der Waals surface area contributed by atoms with E-state index in [9.17, 15) is 13.6 Å². The molecule has 0 bridgehead atoms. The maximum atomic E-state index is 12.6. The molecule has 2 aromatic carbocycles. The predicted octanol–water partition coefficient (Wildman–Crippen LogP) is 5.25. The topological polar surface area (TPSA) is 69.0 Å². The molecular weight excluding hydrogens is 426 g/mol. The van der Waals surface area contributed by atoms with E-state index in [2.05, 4.69) is 20.1 Å². The number of nitrogens with one attached hydrogen (secondary N) is 1. The molecule has 4 rings (SSSR count). The van der Waals surface area contributed by atoms with Crippen molar-refractivity contribution in [3.63, 3.8) is 0 Å². The number of hydrogen-bond donors (Lipinski definition) is 1. The van der Waals surface area contributed by atoms with Gasteiger partial charge < -0.3 is 10.1 Å². The lowest BCUT2D eigenvalue weighted by Gasteiger charge is -2.10. The molecule has 6 nitrogen and oxygen atoms in total. The van der Waals surface area contributed by atoms with Crippen molar-refractivity contribution in [3.8, 4) is 17.0 Å². The molecule has 1 amide bonds. The van der Waals surface area contributed by atoms with Crippen molar-refractivity contribution in [2.24, 2.45) is 0 Å². The van der Waals surface area contributed by atoms with Crippen molar-refractivity contribution in [2.75, 3.05) is 5.32 Å². The number of halogens is 2. The van der Waals surface area contributed by atoms with Gasteiger partial charge in [0.1, 0.15) is 11.4 Å². The van der Waals surface area contributed by atoms with Crippen LogP contribution < -0.4 is 10.1 Å². The molecule has 0 radical (unpaired) electrons. The number of ether oxygens (including phenoxy) is 1. The first kappa shape index (κ1) is 21.9. The predicted molar refractivity (Wildman–Crippen MR) is 122 cm³/mol. The summed E-state index contributed by atoms with van der Waals surface area (Å²) < 4.78 is 31.5. The molecule has 0 atom stereocenters. The molecule has 4 aromatic rings. The van der Waals surface area contributed by atoms with E-state index in [0.29, 0.717) is 17.8 Å². The van der Waals surface area contributed by atoms with E-state index >= 15 is 0 Å². The zero-order chi connectivity index (χ0) is 23.0. The molecule has 0 fully saturated rings. The van der Waals surface area contributed by atoms with Crippen molar-refractivity contribution in [1.82, 2.24) is 14.8 Å². The summed E-state index contributed by atoms with van der Waals surface area (Å²) in [6, 6.07) is 19.6. The number of alkyl halides is 2. The van der Waals surface area contributed by atoms with Crippen molar-refractivity contribution < 1.29 is 18.3 Å². The highest BCUT2D eigenvalue weighted by Gasteiger charge is 2.12. The summed E-state index contributed by atoms with van der Waals surface area (Å²) in [6.45, 7) is -2.43. The molecule has 166 valence electrons. The van der Waals surface area contributed by atoms with Gasteiger partial charge in [0.05, 0.1) is 12.2 Å². The molecule has 0 aliphatic rings. The fourth-order valence-electron chi connectivity index (χ4n) is 3.25. The Morgan fingerprint density at radius 2 is 1.85 bits per heavy atom. The Balaban J connectivity index is 1.57. The summed E-state index contributed by atoms with van der Waals surface area (Å²) in [6.07, 6.45) is 8.16. The van der Waals surface area contributed by atoms with Gasteiger partial charge in [-0.3, -0.25) is 14.5 Å². The first-order valence-electron chi connectivity index (χ1n) is 10.1. The third-order valence-electron chi connectivity index (χ3n) is 4.69. The van der Waals surface area contributed by atoms with Gasteiger partial charge in [0.2, 0.25) is 5.91 Å². The SMILES string of the molecule is O=C(/C=C/c1cn(Cc2ccccc2)nc1-c1cccnc1)Nc1ccccc1OC(F)F. The summed E-state index contributed by atoms with van der Waals surface area (Å²) >= 11 is 0. The van der Waals surface area contributed by atoms with Crippen molar-refractivity contribution in [1.29, 1.82) is 0 Å². The smallest absolute Gasteiger partial charge is 0.387 e. The molecule has 0 saturated heterocycles. The number of para-hydroxylation sites is 2. The minimum absolute atomic E-state index is 0.110. The Kier molecular flexibility index (Phi) is 6.84. The van der Waals surface area contributed by atoms with Crippen LogP contribution in [0.15, 0.2) is 91.4 Å². The fraction of sp³-hybridized carbons (Fsp3) is 0.0800. The molecule has 1 N–H and O–H groups in total. The Hall–Kier alpha value is -4.33. The highest BCUT2D eigenvalue weighted by Crippen LogP contribution is 2.26. The molecule has 0 saturated carbocycles. The van der Waals surface area contributed by atoms with Gasteiger partial charge in [-0.2, -0.15) is 13.9 Å². The summed E-state index contributed by atoms with van der Waals surface area (Å²) in [7, 11) is 0. The van der Waals surface area contributed by atoms with Crippen LogP contribution >= 0.6 is 0 Å². The highest BCUT2D eigenvalue weighted by atomic mass is 19.3. The molecule has 33 heavy (non-hydrogen) atoms. The van der Waals surface area contributed by atoms with E-state index in [1.54, 1.807) is 35.3 Å². The quantitative estimate of drug-likeness (QED) is 0.376. The molecule has 2 heterocycles. The van der Waals surface area contributed by atoms with Gasteiger partial charge in [-0.25, -0.2) is 0 Å². The van der Waals surface area contributed by atoms with Crippen LogP contribution in [-0.4, -0.2) is 27.3 Å². The number of pyridine rings is 1. The third kappa shape index (κ3) is 5.88. The van der Waals surface area contributed by atoms with E-state index in [0.717, 1.165) is 11.1 Å². The number of rotatable bonds is 8. The second-order valence-corrected chi connectivity index (χ2v) is 7.06. The maximum absolute atomic E-state index is 12.6. The molecule has 2 aromatic heterocycles. The number of hydrogen-bond acceptors (Lipinski definition) is 4. The van der Waals surface area contributed by atoms with Crippen LogP contribution in [0.25, 0.3) is 17.3 Å². The largest absolute Gasteiger partial charge is 0.433 e. The minimum Gasteiger partial charge on any atom is -0.433 e. The molecular formula is C25H20F2N4O2. The van der Waals surface area contributed by atoms with Crippen LogP contribution in [0.2, 0.25) is 0 Å². The normalized spacial score (nSPS) is 11.1. The number of amides is 1. The van der Waals surface area contributed by atoms with Crippen LogP contribution in [-0.2, 0) is 11.3 Å². The molecule has 0 unspecified atom stereocenters. The number of anilines is 1. The second-order valence-electron chi connectivity index (χ2n) is 7.06. The van der Waals surface area contributed by atoms with E-state index in [-0.39, 0.29) is 11.4 Å². The Bertz CT molecular complexity index is 1240. The maximum Gasteiger partial charge on any atom is 0.387 e. The zero-order valence-electron chi connectivity index (χ0n) is 17.4. The zero-order valence-corrected chi connectivity index (χ0v) is 17.4. The van der Waals surface area contributed by atoms with Gasteiger partial charge in [0.15, 0.2) is 0 Å². The summed E-state index contributed by atoms with van der Waals surface area (Å²) in [4.78, 5) is 16.6. The highest BCUT2D eigenvalue weighted by molar-refractivity contribution is 6.03. The van der Waals surface area contributed by atoms with Crippen molar-refractivity contribution in [3.05, 3.63) is 103 Å². The van der Waals surface area contributed by atoms with E-state index in [1.807, 2.05) is 48.7 Å². The number of benzene rings is 2. The number of nitrogens with zero attached hydrogens (tertiary/aromatic N) is 3. The fourth-order valence-corrected chi connectivity index (χ4v) is 3.25. The minimum atomic E-state index is -2.99. The average molecular weight is 446 g/mol. The van der Waals surface area contributed by atoms with E-state index < -0.39 is 12.5 Å². The summed E-state index contributed by atoms with van der Waals surface area (Å²) in [5, 5.41) is 7.24. The van der Waals surface area contributed by atoms with Gasteiger partial charge in [-0.15, -0.1) is 0 Å². The Morgan fingerprint density at radius 1 is 1.06 bits per heavy atom. The molecule has 0 aliphatic carbocycles. The average Bonchev–Trinajstić information content (AvgIpc) is 3.22. The van der Waals surface area contributed by atoms with Crippen LogP contribution in [0.4, 0.5) is 14.5 Å². The lowest BCUT2D eigenvalue weighted by atomic mass is 10.1. The van der Waals surface area contributed by atoms with Gasteiger partial charge in [-0.1, -0.05) is 42.5 Å². The van der Waals surface area contributed by atoms with Gasteiger partial charge in [-0.05, 0) is 35.9 Å². The number of aromatic nitrogens is 3. The van der Waals surface area contributed by atoms with E-state index in [4.69, 9.17) is 0 Å². The van der Waals surface area contributed by atoms with Crippen molar-refractivity contribution >= 4 is 17.7 Å². The molecule has 0 spiro atoms. The first-order valence-corrected chi connectivity index (χ1v) is 10.1. The van der Waals surface area contributed by atoms with Gasteiger partial charge in [0.25, 0.3) is 0 Å². The Labute approximate surface area is 189 Å². The summed E-state index contributed by atoms with van der Waals surface area (Å²) in [5.41, 5.74) is 3.43. The summed E-state index contributed by atoms with van der Waals surface area (Å²) in [5.74, 6) is -0.603. The molecule has 0 aliphatic heterocycles. The van der Waals surface area contributed by atoms with E-state index in [1.165, 1.54) is 18.2 Å².